The van der Waals surface area contributed by atoms with Crippen LogP contribution in [0.1, 0.15) is 16.8 Å². The number of carboxylic acids is 1. The van der Waals surface area contributed by atoms with Gasteiger partial charge in [0.1, 0.15) is 5.01 Å². The average molecular weight is 240 g/mol. The summed E-state index contributed by atoms with van der Waals surface area (Å²) in [5, 5.41) is 11.7. The number of nitrogens with one attached hydrogen (secondary N) is 1. The Morgan fingerprint density at radius 1 is 1.56 bits per heavy atom. The number of amides is 1. The minimum absolute atomic E-state index is 0.327. The van der Waals surface area contributed by atoms with Crippen molar-refractivity contribution >= 4 is 23.2 Å². The molecule has 2 N–H and O–H groups in total. The Labute approximate surface area is 96.8 Å². The van der Waals surface area contributed by atoms with Crippen molar-refractivity contribution in [2.45, 2.75) is 19.9 Å². The van der Waals surface area contributed by atoms with E-state index in [0.717, 1.165) is 28.5 Å². The van der Waals surface area contributed by atoms with Gasteiger partial charge in [-0.1, -0.05) is 6.92 Å². The first-order valence-electron chi connectivity index (χ1n) is 4.74. The van der Waals surface area contributed by atoms with E-state index in [0.29, 0.717) is 6.54 Å². The number of aromatic nitrogens is 1. The lowest BCUT2D eigenvalue weighted by Gasteiger charge is -1.97. The lowest BCUT2D eigenvalue weighted by Crippen LogP contribution is -2.20. The number of nitrogens with zero attached hydrogens (tertiary/aromatic N) is 1. The van der Waals surface area contributed by atoms with E-state index in [1.807, 2.05) is 6.92 Å². The maximum atomic E-state index is 11.1. The van der Waals surface area contributed by atoms with Gasteiger partial charge in [-0.15, -0.1) is 11.3 Å². The molecule has 0 aliphatic heterocycles. The molecule has 6 heteroatoms. The highest BCUT2D eigenvalue weighted by Crippen LogP contribution is 2.12. The van der Waals surface area contributed by atoms with E-state index in [2.05, 4.69) is 10.3 Å². The third-order valence-corrected chi connectivity index (χ3v) is 2.88. The highest BCUT2D eigenvalue weighted by atomic mass is 32.1. The van der Waals surface area contributed by atoms with Gasteiger partial charge in [-0.25, -0.2) is 9.78 Å². The molecule has 0 unspecified atom stereocenters. The number of hydrogen-bond acceptors (Lipinski definition) is 4. The number of thiazole rings is 1. The van der Waals surface area contributed by atoms with Crippen LogP contribution in [-0.2, 0) is 22.6 Å². The summed E-state index contributed by atoms with van der Waals surface area (Å²) in [7, 11) is 0. The van der Waals surface area contributed by atoms with Crippen molar-refractivity contribution < 1.29 is 14.7 Å². The lowest BCUT2D eigenvalue weighted by molar-refractivity contribution is -0.131. The molecule has 0 aliphatic carbocycles. The largest absolute Gasteiger partial charge is 0.478 e. The fraction of sp³-hybridized carbons (Fsp3) is 0.300. The number of hydrogen-bond donors (Lipinski definition) is 2. The third kappa shape index (κ3) is 4.22. The van der Waals surface area contributed by atoms with Crippen molar-refractivity contribution in [1.29, 1.82) is 0 Å². The molecule has 0 saturated heterocycles. The molecule has 5 nitrogen and oxygen atoms in total. The zero-order valence-corrected chi connectivity index (χ0v) is 9.58. The van der Waals surface area contributed by atoms with E-state index < -0.39 is 11.9 Å². The predicted octanol–water partition coefficient (Wildman–Crippen LogP) is 0.963. The van der Waals surface area contributed by atoms with Gasteiger partial charge in [-0.05, 0) is 6.42 Å². The van der Waals surface area contributed by atoms with E-state index in [4.69, 9.17) is 5.11 Å². The molecule has 0 aromatic carbocycles. The van der Waals surface area contributed by atoms with Gasteiger partial charge in [0.05, 0.1) is 6.54 Å². The lowest BCUT2D eigenvalue weighted by atomic mass is 10.4. The maximum absolute atomic E-state index is 11.1. The van der Waals surface area contributed by atoms with Crippen LogP contribution in [0.15, 0.2) is 18.3 Å². The first-order chi connectivity index (χ1) is 7.61. The van der Waals surface area contributed by atoms with Gasteiger partial charge in [0.2, 0.25) is 5.91 Å². The molecule has 0 saturated carbocycles. The van der Waals surface area contributed by atoms with Crippen molar-refractivity contribution in [2.75, 3.05) is 0 Å². The van der Waals surface area contributed by atoms with Gasteiger partial charge in [-0.3, -0.25) is 4.79 Å². The van der Waals surface area contributed by atoms with Crippen LogP contribution in [0.2, 0.25) is 0 Å². The van der Waals surface area contributed by atoms with E-state index in [1.165, 1.54) is 11.3 Å². The van der Waals surface area contributed by atoms with Gasteiger partial charge in [-0.2, -0.15) is 0 Å². The summed E-state index contributed by atoms with van der Waals surface area (Å²) in [4.78, 5) is 26.5. The summed E-state index contributed by atoms with van der Waals surface area (Å²) < 4.78 is 0. The van der Waals surface area contributed by atoms with Crippen molar-refractivity contribution in [1.82, 2.24) is 10.3 Å². The normalized spacial score (nSPS) is 10.6. The monoisotopic (exact) mass is 240 g/mol. The Balaban J connectivity index is 2.39. The quantitative estimate of drug-likeness (QED) is 0.751. The van der Waals surface area contributed by atoms with Crippen molar-refractivity contribution in [3.8, 4) is 0 Å². The molecule has 1 aromatic heterocycles. The molecule has 1 heterocycles. The van der Waals surface area contributed by atoms with E-state index in [-0.39, 0.29) is 0 Å². The Morgan fingerprint density at radius 3 is 2.88 bits per heavy atom. The number of carbonyl (C=O) groups excluding carboxylic acids is 1. The summed E-state index contributed by atoms with van der Waals surface area (Å²) in [6.07, 6.45) is 4.48. The van der Waals surface area contributed by atoms with Crippen LogP contribution in [-0.4, -0.2) is 22.0 Å². The zero-order valence-electron chi connectivity index (χ0n) is 8.77. The molecule has 0 bridgehead atoms. The van der Waals surface area contributed by atoms with Crippen LogP contribution in [0.5, 0.6) is 0 Å². The van der Waals surface area contributed by atoms with Crippen LogP contribution < -0.4 is 5.32 Å². The number of aryl methyl sites for hydroxylation is 1. The summed E-state index contributed by atoms with van der Waals surface area (Å²) in [6.45, 7) is 2.36. The Bertz CT molecular complexity index is 412. The van der Waals surface area contributed by atoms with Crippen LogP contribution in [0.4, 0.5) is 0 Å². The minimum Gasteiger partial charge on any atom is -0.478 e. The van der Waals surface area contributed by atoms with E-state index in [9.17, 15) is 9.59 Å². The molecule has 0 atom stereocenters. The maximum Gasteiger partial charge on any atom is 0.328 e. The summed E-state index contributed by atoms with van der Waals surface area (Å²) in [6, 6.07) is 0. The first kappa shape index (κ1) is 12.4. The first-order valence-corrected chi connectivity index (χ1v) is 5.56. The summed E-state index contributed by atoms with van der Waals surface area (Å²) in [5.74, 6) is -1.58. The number of aliphatic carboxylic acids is 1. The average Bonchev–Trinajstić information content (AvgIpc) is 2.71. The van der Waals surface area contributed by atoms with Gasteiger partial charge in [0.15, 0.2) is 0 Å². The molecular formula is C10H12N2O3S. The minimum atomic E-state index is -1.14. The molecular weight excluding hydrogens is 228 g/mol. The van der Waals surface area contributed by atoms with Gasteiger partial charge < -0.3 is 10.4 Å². The van der Waals surface area contributed by atoms with Crippen LogP contribution in [0, 0.1) is 0 Å². The van der Waals surface area contributed by atoms with E-state index >= 15 is 0 Å². The fourth-order valence-corrected chi connectivity index (χ4v) is 1.76. The van der Waals surface area contributed by atoms with Gasteiger partial charge in [0, 0.05) is 23.2 Å². The van der Waals surface area contributed by atoms with Crippen molar-refractivity contribution in [2.24, 2.45) is 0 Å². The van der Waals surface area contributed by atoms with Crippen molar-refractivity contribution in [3.63, 3.8) is 0 Å². The van der Waals surface area contributed by atoms with Crippen LogP contribution in [0.3, 0.4) is 0 Å². The molecule has 16 heavy (non-hydrogen) atoms. The fourth-order valence-electron chi connectivity index (χ4n) is 0.962. The molecule has 1 rings (SSSR count). The molecule has 0 fully saturated rings. The van der Waals surface area contributed by atoms with Gasteiger partial charge >= 0.3 is 5.97 Å². The zero-order chi connectivity index (χ0) is 12.0. The smallest absolute Gasteiger partial charge is 0.328 e. The van der Waals surface area contributed by atoms with Crippen molar-refractivity contribution in [3.05, 3.63) is 28.2 Å². The van der Waals surface area contributed by atoms with Crippen LogP contribution in [0.25, 0.3) is 0 Å². The number of carbonyl (C=O) groups is 2. The highest BCUT2D eigenvalue weighted by molar-refractivity contribution is 7.11. The predicted molar refractivity (Wildman–Crippen MR) is 60.1 cm³/mol. The molecule has 0 spiro atoms. The standard InChI is InChI=1S/C10H12N2O3S/c1-2-7-5-12-9(16-7)6-11-8(13)3-4-10(14)15/h3-5H,2,6H2,1H3,(H,11,13)(H,14,15)/b4-3+. The van der Waals surface area contributed by atoms with Gasteiger partial charge in [0.25, 0.3) is 0 Å². The Hall–Kier alpha value is -1.69. The second-order valence-electron chi connectivity index (χ2n) is 2.96. The SMILES string of the molecule is CCc1cnc(CNC(=O)/C=C/C(=O)O)s1. The third-order valence-electron chi connectivity index (χ3n) is 1.74. The number of rotatable bonds is 5. The Morgan fingerprint density at radius 2 is 2.31 bits per heavy atom. The highest BCUT2D eigenvalue weighted by Gasteiger charge is 2.02. The molecule has 0 radical (unpaired) electrons. The summed E-state index contributed by atoms with van der Waals surface area (Å²) in [5.41, 5.74) is 0. The molecule has 0 aliphatic rings. The molecule has 86 valence electrons. The molecule has 1 aromatic rings. The second kappa shape index (κ2) is 6.02. The summed E-state index contributed by atoms with van der Waals surface area (Å²) >= 11 is 1.53. The number of carboxylic acid groups (broad SMARTS) is 1. The second-order valence-corrected chi connectivity index (χ2v) is 4.16. The molecule has 1 amide bonds. The topological polar surface area (TPSA) is 79.3 Å². The van der Waals surface area contributed by atoms with Crippen LogP contribution >= 0.6 is 11.3 Å². The van der Waals surface area contributed by atoms with E-state index in [1.54, 1.807) is 6.20 Å². The Kier molecular flexibility index (Phi) is 4.65.